The van der Waals surface area contributed by atoms with Crippen molar-refractivity contribution < 1.29 is 18.0 Å². The molecule has 2 nitrogen and oxygen atoms in total. The summed E-state index contributed by atoms with van der Waals surface area (Å²) in [6.07, 6.45) is -3.61. The van der Waals surface area contributed by atoms with Crippen molar-refractivity contribution in [3.8, 4) is 17.5 Å². The van der Waals surface area contributed by atoms with Gasteiger partial charge in [0.1, 0.15) is 6.29 Å². The van der Waals surface area contributed by atoms with Crippen LogP contribution in [0.25, 0.3) is 27.5 Å². The maximum Gasteiger partial charge on any atom is 0.416 e. The van der Waals surface area contributed by atoms with Crippen LogP contribution in [0.15, 0.2) is 89.4 Å². The van der Waals surface area contributed by atoms with Crippen molar-refractivity contribution in [2.75, 3.05) is 0 Å². The van der Waals surface area contributed by atoms with Crippen molar-refractivity contribution in [1.82, 2.24) is 4.57 Å². The van der Waals surface area contributed by atoms with Gasteiger partial charge < -0.3 is 4.57 Å². The van der Waals surface area contributed by atoms with Gasteiger partial charge in [-0.2, -0.15) is 13.2 Å². The number of alkyl halides is 3. The summed E-state index contributed by atoms with van der Waals surface area (Å²) in [5.74, 6) is 6.24. The first-order valence-corrected chi connectivity index (χ1v) is 11.1. The highest BCUT2D eigenvalue weighted by Crippen LogP contribution is 2.35. The van der Waals surface area contributed by atoms with Crippen LogP contribution in [0.5, 0.6) is 0 Å². The van der Waals surface area contributed by atoms with Crippen molar-refractivity contribution in [2.45, 2.75) is 6.18 Å². The first-order valence-electron chi connectivity index (χ1n) is 10.3. The van der Waals surface area contributed by atoms with Gasteiger partial charge in [0, 0.05) is 37.6 Å². The molecule has 0 unspecified atom stereocenters. The fraction of sp³-hybridized carbons (Fsp3) is 0.0357. The third-order valence-electron chi connectivity index (χ3n) is 5.58. The molecule has 0 aliphatic rings. The van der Waals surface area contributed by atoms with Crippen LogP contribution in [-0.2, 0) is 6.18 Å². The number of halogens is 4. The van der Waals surface area contributed by atoms with Gasteiger partial charge in [-0.05, 0) is 60.7 Å². The van der Waals surface area contributed by atoms with E-state index >= 15 is 0 Å². The first kappa shape index (κ1) is 22.0. The normalized spacial score (nSPS) is 11.4. The van der Waals surface area contributed by atoms with Gasteiger partial charge >= 0.3 is 6.18 Å². The van der Waals surface area contributed by atoms with E-state index in [9.17, 15) is 18.0 Å². The standard InChI is InChI=1S/C28H15BrF3NO/c29-22-10-14-25-24-13-7-19(4-1-18-2-5-20(17-34)6-3-18)15-26(24)33(27(25)16-22)23-11-8-21(9-12-23)28(30,31)32/h2-3,5-17H. The quantitative estimate of drug-likeness (QED) is 0.173. The van der Waals surface area contributed by atoms with Gasteiger partial charge in [0.25, 0.3) is 0 Å². The van der Waals surface area contributed by atoms with E-state index in [0.29, 0.717) is 11.3 Å². The molecule has 166 valence electrons. The molecule has 0 N–H and O–H groups in total. The van der Waals surface area contributed by atoms with Crippen LogP contribution in [0.2, 0.25) is 0 Å². The van der Waals surface area contributed by atoms with E-state index in [1.165, 1.54) is 12.1 Å². The Kier molecular flexibility index (Phi) is 5.51. The van der Waals surface area contributed by atoms with Crippen LogP contribution < -0.4 is 0 Å². The van der Waals surface area contributed by atoms with Crippen LogP contribution in [0.4, 0.5) is 13.2 Å². The van der Waals surface area contributed by atoms with E-state index in [0.717, 1.165) is 55.8 Å². The zero-order valence-electron chi connectivity index (χ0n) is 17.5. The zero-order chi connectivity index (χ0) is 23.9. The predicted molar refractivity (Wildman–Crippen MR) is 131 cm³/mol. The molecule has 5 rings (SSSR count). The monoisotopic (exact) mass is 517 g/mol. The number of aldehydes is 1. The molecule has 0 spiro atoms. The summed E-state index contributed by atoms with van der Waals surface area (Å²) >= 11 is 3.50. The zero-order valence-corrected chi connectivity index (χ0v) is 19.1. The number of rotatable bonds is 2. The third-order valence-corrected chi connectivity index (χ3v) is 6.07. The van der Waals surface area contributed by atoms with Gasteiger partial charge in [-0.3, -0.25) is 4.79 Å². The molecule has 0 radical (unpaired) electrons. The molecule has 6 heteroatoms. The number of fused-ring (bicyclic) bond motifs is 3. The van der Waals surface area contributed by atoms with Gasteiger partial charge in [-0.1, -0.05) is 52.0 Å². The van der Waals surface area contributed by atoms with Crippen molar-refractivity contribution in [3.05, 3.63) is 112 Å². The number of aromatic nitrogens is 1. The Labute approximate surface area is 201 Å². The number of hydrogen-bond donors (Lipinski definition) is 0. The van der Waals surface area contributed by atoms with E-state index in [1.807, 2.05) is 41.0 Å². The minimum atomic E-state index is -4.39. The number of carbonyl (C=O) groups is 1. The minimum absolute atomic E-state index is 0.583. The highest BCUT2D eigenvalue weighted by atomic mass is 79.9. The van der Waals surface area contributed by atoms with E-state index < -0.39 is 11.7 Å². The number of carbonyl (C=O) groups excluding carboxylic acids is 1. The maximum atomic E-state index is 13.1. The molecule has 0 saturated carbocycles. The van der Waals surface area contributed by atoms with Crippen molar-refractivity contribution >= 4 is 44.0 Å². The molecule has 4 aromatic carbocycles. The smallest absolute Gasteiger partial charge is 0.309 e. The molecule has 0 amide bonds. The summed E-state index contributed by atoms with van der Waals surface area (Å²) in [5, 5.41) is 1.96. The molecule has 5 aromatic rings. The molecular weight excluding hydrogens is 503 g/mol. The van der Waals surface area contributed by atoms with Crippen LogP contribution in [0.3, 0.4) is 0 Å². The van der Waals surface area contributed by atoms with Crippen molar-refractivity contribution in [1.29, 1.82) is 0 Å². The lowest BCUT2D eigenvalue weighted by Crippen LogP contribution is -2.05. The molecule has 0 aliphatic carbocycles. The lowest BCUT2D eigenvalue weighted by molar-refractivity contribution is -0.137. The second-order valence-electron chi connectivity index (χ2n) is 7.76. The Morgan fingerprint density at radius 3 is 1.97 bits per heavy atom. The third kappa shape index (κ3) is 4.11. The molecular formula is C28H15BrF3NO. The Bertz CT molecular complexity index is 1600. The summed E-state index contributed by atoms with van der Waals surface area (Å²) in [6, 6.07) is 23.9. The van der Waals surface area contributed by atoms with E-state index in [4.69, 9.17) is 0 Å². The molecule has 0 saturated heterocycles. The predicted octanol–water partition coefficient (Wildman–Crippen LogP) is 7.78. The van der Waals surface area contributed by atoms with Crippen LogP contribution in [0.1, 0.15) is 27.0 Å². The lowest BCUT2D eigenvalue weighted by atomic mass is 10.1. The molecule has 0 atom stereocenters. The van der Waals surface area contributed by atoms with Gasteiger partial charge in [-0.15, -0.1) is 0 Å². The van der Waals surface area contributed by atoms with Crippen LogP contribution in [-0.4, -0.2) is 10.9 Å². The van der Waals surface area contributed by atoms with Gasteiger partial charge in [-0.25, -0.2) is 0 Å². The summed E-state index contributed by atoms with van der Waals surface area (Å²) in [6.45, 7) is 0. The first-order chi connectivity index (χ1) is 16.3. The average molecular weight is 518 g/mol. The van der Waals surface area contributed by atoms with Crippen molar-refractivity contribution in [2.24, 2.45) is 0 Å². The Morgan fingerprint density at radius 1 is 0.735 bits per heavy atom. The largest absolute Gasteiger partial charge is 0.416 e. The summed E-state index contributed by atoms with van der Waals surface area (Å²) in [4.78, 5) is 10.8. The molecule has 1 aromatic heterocycles. The summed E-state index contributed by atoms with van der Waals surface area (Å²) in [7, 11) is 0. The van der Waals surface area contributed by atoms with Crippen molar-refractivity contribution in [3.63, 3.8) is 0 Å². The fourth-order valence-corrected chi connectivity index (χ4v) is 4.29. The molecule has 34 heavy (non-hydrogen) atoms. The van der Waals surface area contributed by atoms with Gasteiger partial charge in [0.15, 0.2) is 0 Å². The van der Waals surface area contributed by atoms with E-state index in [1.54, 1.807) is 24.3 Å². The van der Waals surface area contributed by atoms with Crippen LogP contribution >= 0.6 is 15.9 Å². The second-order valence-corrected chi connectivity index (χ2v) is 8.68. The maximum absolute atomic E-state index is 13.1. The number of nitrogens with zero attached hydrogens (tertiary/aromatic N) is 1. The fourth-order valence-electron chi connectivity index (χ4n) is 3.94. The Morgan fingerprint density at radius 2 is 1.32 bits per heavy atom. The molecule has 1 heterocycles. The van der Waals surface area contributed by atoms with Gasteiger partial charge in [0.2, 0.25) is 0 Å². The van der Waals surface area contributed by atoms with E-state index in [2.05, 4.69) is 27.8 Å². The lowest BCUT2D eigenvalue weighted by Gasteiger charge is -2.11. The summed E-state index contributed by atoms with van der Waals surface area (Å²) in [5.41, 5.74) is 3.78. The Hall–Kier alpha value is -3.82. The highest BCUT2D eigenvalue weighted by Gasteiger charge is 2.30. The van der Waals surface area contributed by atoms with Gasteiger partial charge in [0.05, 0.1) is 16.6 Å². The highest BCUT2D eigenvalue weighted by molar-refractivity contribution is 9.10. The SMILES string of the molecule is O=Cc1ccc(C#Cc2ccc3c4ccc(Br)cc4n(-c4ccc(C(F)(F)F)cc4)c3c2)cc1. The molecule has 0 fully saturated rings. The Balaban J connectivity index is 1.67. The minimum Gasteiger partial charge on any atom is -0.309 e. The number of hydrogen-bond acceptors (Lipinski definition) is 1. The number of benzene rings is 4. The molecule has 0 bridgehead atoms. The second kappa shape index (κ2) is 8.51. The molecule has 0 aliphatic heterocycles. The summed E-state index contributed by atoms with van der Waals surface area (Å²) < 4.78 is 42.1. The topological polar surface area (TPSA) is 22.0 Å². The average Bonchev–Trinajstić information content (AvgIpc) is 3.15. The van der Waals surface area contributed by atoms with Crippen LogP contribution in [0, 0.1) is 11.8 Å². The van der Waals surface area contributed by atoms with E-state index in [-0.39, 0.29) is 0 Å².